The molecule has 0 fully saturated rings. The van der Waals surface area contributed by atoms with Crippen LogP contribution in [-0.2, 0) is 5.41 Å². The quantitative estimate of drug-likeness (QED) is 0.193. The number of thiophene rings is 1. The number of para-hydroxylation sites is 1. The number of hydrogen-bond donors (Lipinski definition) is 0. The molecule has 1 aliphatic carbocycles. The van der Waals surface area contributed by atoms with Gasteiger partial charge in [-0.3, -0.25) is 4.57 Å². The highest BCUT2D eigenvalue weighted by Gasteiger charge is 2.38. The van der Waals surface area contributed by atoms with E-state index in [2.05, 4.69) is 164 Å². The molecule has 3 heteroatoms. The van der Waals surface area contributed by atoms with Crippen molar-refractivity contribution >= 4 is 53.3 Å². The monoisotopic (exact) mass is 618 g/mol. The highest BCUT2D eigenvalue weighted by atomic mass is 32.1. The lowest BCUT2D eigenvalue weighted by Gasteiger charge is -2.23. The third kappa shape index (κ3) is 3.81. The van der Waals surface area contributed by atoms with Gasteiger partial charge in [-0.25, -0.2) is 4.98 Å². The van der Waals surface area contributed by atoms with Crippen molar-refractivity contribution < 1.29 is 0 Å². The molecule has 0 N–H and O–H groups in total. The summed E-state index contributed by atoms with van der Waals surface area (Å²) in [5.41, 5.74) is 12.1. The highest BCUT2D eigenvalue weighted by molar-refractivity contribution is 7.25. The predicted octanol–water partition coefficient (Wildman–Crippen LogP) is 12.2. The second kappa shape index (κ2) is 9.75. The van der Waals surface area contributed by atoms with Gasteiger partial charge >= 0.3 is 0 Å². The Labute approximate surface area is 277 Å². The molecule has 0 amide bonds. The fourth-order valence-electron chi connectivity index (χ4n) is 8.01. The Morgan fingerprint density at radius 1 is 0.532 bits per heavy atom. The fourth-order valence-corrected chi connectivity index (χ4v) is 9.13. The molecule has 2 nitrogen and oxygen atoms in total. The summed E-state index contributed by atoms with van der Waals surface area (Å²) in [6.45, 7) is 4.82. The maximum atomic E-state index is 5.37. The van der Waals surface area contributed by atoms with Crippen molar-refractivity contribution in [2.45, 2.75) is 19.3 Å². The van der Waals surface area contributed by atoms with Crippen LogP contribution in [0.5, 0.6) is 0 Å². The van der Waals surface area contributed by atoms with Crippen molar-refractivity contribution in [3.63, 3.8) is 0 Å². The molecule has 6 aromatic carbocycles. The Bertz CT molecular complexity index is 2640. The van der Waals surface area contributed by atoms with Crippen LogP contribution in [-0.4, -0.2) is 9.55 Å². The molecule has 0 aliphatic heterocycles. The van der Waals surface area contributed by atoms with Gasteiger partial charge in [0.2, 0.25) is 0 Å². The molecule has 0 radical (unpaired) electrons. The van der Waals surface area contributed by atoms with E-state index in [9.17, 15) is 0 Å². The second-order valence-corrected chi connectivity index (χ2v) is 14.3. The van der Waals surface area contributed by atoms with Crippen LogP contribution in [0.2, 0.25) is 0 Å². The van der Waals surface area contributed by atoms with Crippen LogP contribution in [0.1, 0.15) is 25.0 Å². The fraction of sp³-hybridized carbons (Fsp3) is 0.0682. The number of fused-ring (bicyclic) bond motifs is 10. The highest BCUT2D eigenvalue weighted by Crippen LogP contribution is 2.55. The van der Waals surface area contributed by atoms with Gasteiger partial charge in [-0.1, -0.05) is 117 Å². The first-order chi connectivity index (χ1) is 23.1. The molecule has 0 bridgehead atoms. The largest absolute Gasteiger partial charge is 0.294 e. The summed E-state index contributed by atoms with van der Waals surface area (Å²) in [5, 5.41) is 5.28. The van der Waals surface area contributed by atoms with E-state index >= 15 is 0 Å². The molecular formula is C44H30N2S. The summed E-state index contributed by atoms with van der Waals surface area (Å²) < 4.78 is 5.09. The average Bonchev–Trinajstić information content (AvgIpc) is 3.73. The zero-order chi connectivity index (χ0) is 31.3. The second-order valence-electron chi connectivity index (χ2n) is 13.2. The van der Waals surface area contributed by atoms with Crippen LogP contribution >= 0.6 is 11.3 Å². The molecule has 222 valence electrons. The third-order valence-electron chi connectivity index (χ3n) is 10.2. The summed E-state index contributed by atoms with van der Waals surface area (Å²) >= 11 is 1.90. The minimum absolute atomic E-state index is 0.141. The molecule has 0 atom stereocenters. The Morgan fingerprint density at radius 2 is 1.23 bits per heavy atom. The molecule has 3 heterocycles. The number of rotatable bonds is 3. The molecular weight excluding hydrogens is 589 g/mol. The van der Waals surface area contributed by atoms with Crippen molar-refractivity contribution in [3.8, 4) is 39.3 Å². The molecule has 3 aromatic heterocycles. The smallest absolute Gasteiger partial charge is 0.138 e. The van der Waals surface area contributed by atoms with E-state index < -0.39 is 0 Å². The third-order valence-corrected chi connectivity index (χ3v) is 11.3. The number of aromatic nitrogens is 2. The minimum Gasteiger partial charge on any atom is -0.294 e. The summed E-state index contributed by atoms with van der Waals surface area (Å²) in [4.78, 5) is 5.37. The van der Waals surface area contributed by atoms with E-state index in [1.165, 1.54) is 69.8 Å². The summed E-state index contributed by atoms with van der Waals surface area (Å²) in [5.74, 6) is 0.924. The first-order valence-corrected chi connectivity index (χ1v) is 17.0. The van der Waals surface area contributed by atoms with Crippen molar-refractivity contribution in [1.29, 1.82) is 0 Å². The number of hydrogen-bond acceptors (Lipinski definition) is 2. The van der Waals surface area contributed by atoms with E-state index in [1.54, 1.807) is 0 Å². The standard InChI is InChI=1S/C44H30N2S/c1-44(2)35-25-34-30-17-9-11-19-37(30)46(41-24-29(27-13-5-3-6-14-27)23-36(45-41)28-15-7-4-8-16-28)38(34)26-33(35)31-21-22-40-42(43(31)44)32-18-10-12-20-39(32)47-40/h3-26H,1-2H3. The molecule has 0 spiro atoms. The van der Waals surface area contributed by atoms with Crippen LogP contribution in [0.4, 0.5) is 0 Å². The van der Waals surface area contributed by atoms with E-state index in [0.29, 0.717) is 0 Å². The number of benzene rings is 6. The SMILES string of the molecule is CC1(C)c2cc3c4ccccc4n(-c4cc(-c5ccccc5)cc(-c5ccccc5)n4)c3cc2-c2ccc3sc4ccccc4c3c21. The van der Waals surface area contributed by atoms with Crippen molar-refractivity contribution in [2.24, 2.45) is 0 Å². The van der Waals surface area contributed by atoms with Crippen molar-refractivity contribution in [3.05, 3.63) is 157 Å². The van der Waals surface area contributed by atoms with Gasteiger partial charge in [-0.15, -0.1) is 11.3 Å². The van der Waals surface area contributed by atoms with Gasteiger partial charge in [0.1, 0.15) is 5.82 Å². The van der Waals surface area contributed by atoms with Gasteiger partial charge in [0, 0.05) is 41.9 Å². The first kappa shape index (κ1) is 26.7. The summed E-state index contributed by atoms with van der Waals surface area (Å²) in [6.07, 6.45) is 0. The van der Waals surface area contributed by atoms with Crippen molar-refractivity contribution in [1.82, 2.24) is 9.55 Å². The van der Waals surface area contributed by atoms with Crippen LogP contribution in [0.15, 0.2) is 146 Å². The molecule has 47 heavy (non-hydrogen) atoms. The Kier molecular flexibility index (Phi) is 5.53. The molecule has 10 rings (SSSR count). The van der Waals surface area contributed by atoms with Crippen LogP contribution in [0.25, 0.3) is 81.3 Å². The maximum Gasteiger partial charge on any atom is 0.138 e. The first-order valence-electron chi connectivity index (χ1n) is 16.2. The van der Waals surface area contributed by atoms with Gasteiger partial charge in [0.15, 0.2) is 0 Å². The van der Waals surface area contributed by atoms with Gasteiger partial charge in [0.25, 0.3) is 0 Å². The maximum absolute atomic E-state index is 5.37. The van der Waals surface area contributed by atoms with Gasteiger partial charge in [0.05, 0.1) is 16.7 Å². The lowest BCUT2D eigenvalue weighted by atomic mass is 9.80. The molecule has 1 aliphatic rings. The lowest BCUT2D eigenvalue weighted by Crippen LogP contribution is -2.15. The van der Waals surface area contributed by atoms with E-state index in [-0.39, 0.29) is 5.41 Å². The van der Waals surface area contributed by atoms with Gasteiger partial charge in [-0.05, 0) is 75.8 Å². The lowest BCUT2D eigenvalue weighted by molar-refractivity contribution is 0.667. The normalized spacial score (nSPS) is 13.5. The Morgan fingerprint density at radius 3 is 2.04 bits per heavy atom. The number of pyridine rings is 1. The predicted molar refractivity (Wildman–Crippen MR) is 200 cm³/mol. The van der Waals surface area contributed by atoms with E-state index in [4.69, 9.17) is 4.98 Å². The molecule has 0 saturated heterocycles. The molecule has 9 aromatic rings. The van der Waals surface area contributed by atoms with Crippen LogP contribution in [0.3, 0.4) is 0 Å². The van der Waals surface area contributed by atoms with Crippen LogP contribution in [0, 0.1) is 0 Å². The zero-order valence-corrected chi connectivity index (χ0v) is 27.0. The summed E-state index contributed by atoms with van der Waals surface area (Å²) in [7, 11) is 0. The molecule has 0 saturated carbocycles. The molecule has 0 unspecified atom stereocenters. The number of nitrogens with zero attached hydrogens (tertiary/aromatic N) is 2. The van der Waals surface area contributed by atoms with Gasteiger partial charge < -0.3 is 0 Å². The summed E-state index contributed by atoms with van der Waals surface area (Å²) in [6, 6.07) is 52.9. The van der Waals surface area contributed by atoms with Crippen molar-refractivity contribution in [2.75, 3.05) is 0 Å². The Hall–Kier alpha value is -5.51. The topological polar surface area (TPSA) is 17.8 Å². The van der Waals surface area contributed by atoms with Gasteiger partial charge in [-0.2, -0.15) is 0 Å². The van der Waals surface area contributed by atoms with E-state index in [0.717, 1.165) is 22.6 Å². The van der Waals surface area contributed by atoms with E-state index in [1.807, 2.05) is 11.3 Å². The van der Waals surface area contributed by atoms with Crippen LogP contribution < -0.4 is 0 Å². The Balaban J connectivity index is 1.29. The zero-order valence-electron chi connectivity index (χ0n) is 26.2. The average molecular weight is 619 g/mol. The minimum atomic E-state index is -0.141.